The maximum Gasteiger partial charge on any atom is 0.522 e. The van der Waals surface area contributed by atoms with E-state index in [0.717, 1.165) is 0 Å². The molecule has 0 aliphatic carbocycles. The van der Waals surface area contributed by atoms with Crippen molar-refractivity contribution < 1.29 is 17.9 Å². The highest BCUT2D eigenvalue weighted by Crippen LogP contribution is 2.24. The van der Waals surface area contributed by atoms with Crippen molar-refractivity contribution in [1.29, 1.82) is 0 Å². The number of halogens is 3. The first kappa shape index (κ1) is 9.80. The Hall–Kier alpha value is -0.290. The van der Waals surface area contributed by atoms with Crippen molar-refractivity contribution in [2.24, 2.45) is 0 Å². The van der Waals surface area contributed by atoms with Crippen molar-refractivity contribution in [3.05, 3.63) is 6.54 Å². The highest BCUT2D eigenvalue weighted by molar-refractivity contribution is 4.78. The van der Waals surface area contributed by atoms with E-state index in [1.807, 2.05) is 11.9 Å². The number of piperidine rings is 1. The van der Waals surface area contributed by atoms with Gasteiger partial charge in [-0.3, -0.25) is 4.74 Å². The molecule has 1 unspecified atom stereocenters. The molecular formula is C7H11F3NO. The molecule has 0 amide bonds. The Bertz CT molecular complexity index is 140. The van der Waals surface area contributed by atoms with Gasteiger partial charge in [-0.1, -0.05) is 0 Å². The van der Waals surface area contributed by atoms with Crippen LogP contribution in [0, 0.1) is 6.54 Å². The molecule has 1 fully saturated rings. The number of alkyl halides is 3. The van der Waals surface area contributed by atoms with Gasteiger partial charge in [-0.05, 0) is 19.9 Å². The van der Waals surface area contributed by atoms with Crippen LogP contribution in [-0.4, -0.2) is 31.0 Å². The molecule has 1 radical (unpaired) electrons. The van der Waals surface area contributed by atoms with E-state index >= 15 is 0 Å². The van der Waals surface area contributed by atoms with Gasteiger partial charge in [-0.2, -0.15) is 0 Å². The molecular weight excluding hydrogens is 171 g/mol. The van der Waals surface area contributed by atoms with Crippen LogP contribution in [0.1, 0.15) is 12.8 Å². The Balaban J connectivity index is 2.26. The Labute approximate surface area is 69.3 Å². The van der Waals surface area contributed by atoms with Crippen LogP contribution in [0.5, 0.6) is 0 Å². The number of likely N-dealkylation sites (tertiary alicyclic amines) is 1. The molecule has 2 nitrogen and oxygen atoms in total. The number of hydrogen-bond donors (Lipinski definition) is 0. The monoisotopic (exact) mass is 182 g/mol. The van der Waals surface area contributed by atoms with E-state index in [1.165, 1.54) is 0 Å². The summed E-state index contributed by atoms with van der Waals surface area (Å²) in [7, 11) is 1.84. The summed E-state index contributed by atoms with van der Waals surface area (Å²) >= 11 is 0. The Morgan fingerprint density at radius 3 is 2.58 bits per heavy atom. The van der Waals surface area contributed by atoms with E-state index in [1.54, 1.807) is 6.54 Å². The smallest absolute Gasteiger partial charge is 0.302 e. The minimum absolute atomic E-state index is 0.343. The predicted octanol–water partition coefficient (Wildman–Crippen LogP) is 1.78. The van der Waals surface area contributed by atoms with Crippen LogP contribution in [0.3, 0.4) is 0 Å². The first-order valence-electron chi connectivity index (χ1n) is 3.75. The highest BCUT2D eigenvalue weighted by atomic mass is 19.4. The van der Waals surface area contributed by atoms with Crippen LogP contribution < -0.4 is 0 Å². The molecule has 1 heterocycles. The topological polar surface area (TPSA) is 12.5 Å². The standard InChI is InChI=1S/C7H11F3NO/c1-11-4-2-6(3-5-11)12-7(8,9)10/h4,6H,2-3,5H2,1H3. The molecule has 0 spiro atoms. The third kappa shape index (κ3) is 3.40. The van der Waals surface area contributed by atoms with Crippen molar-refractivity contribution in [1.82, 2.24) is 4.90 Å². The summed E-state index contributed by atoms with van der Waals surface area (Å²) in [6, 6.07) is 0. The number of nitrogens with zero attached hydrogens (tertiary/aromatic N) is 1. The molecule has 1 aliphatic heterocycles. The van der Waals surface area contributed by atoms with Crippen molar-refractivity contribution in [3.63, 3.8) is 0 Å². The van der Waals surface area contributed by atoms with Gasteiger partial charge in [0.05, 0.1) is 6.10 Å². The Kier molecular flexibility index (Phi) is 2.95. The first-order valence-corrected chi connectivity index (χ1v) is 3.75. The fraction of sp³-hybridized carbons (Fsp3) is 0.857. The second-order valence-electron chi connectivity index (χ2n) is 2.87. The molecule has 12 heavy (non-hydrogen) atoms. The zero-order valence-corrected chi connectivity index (χ0v) is 6.77. The summed E-state index contributed by atoms with van der Waals surface area (Å²) in [6.45, 7) is 2.35. The second-order valence-corrected chi connectivity index (χ2v) is 2.87. The summed E-state index contributed by atoms with van der Waals surface area (Å²) in [5, 5.41) is 0. The summed E-state index contributed by atoms with van der Waals surface area (Å²) in [5.74, 6) is 0. The molecule has 0 aromatic heterocycles. The van der Waals surface area contributed by atoms with E-state index in [-0.39, 0.29) is 0 Å². The summed E-state index contributed by atoms with van der Waals surface area (Å²) in [5.41, 5.74) is 0. The van der Waals surface area contributed by atoms with Crippen molar-refractivity contribution in [2.75, 3.05) is 13.6 Å². The van der Waals surface area contributed by atoms with Crippen molar-refractivity contribution >= 4 is 0 Å². The van der Waals surface area contributed by atoms with E-state index in [9.17, 15) is 13.2 Å². The maximum atomic E-state index is 11.7. The quantitative estimate of drug-likeness (QED) is 0.612. The van der Waals surface area contributed by atoms with Crippen molar-refractivity contribution in [3.8, 4) is 0 Å². The second kappa shape index (κ2) is 3.62. The molecule has 0 aromatic carbocycles. The Morgan fingerprint density at radius 2 is 2.17 bits per heavy atom. The third-order valence-electron chi connectivity index (χ3n) is 1.78. The molecule has 1 rings (SSSR count). The minimum atomic E-state index is -4.49. The lowest BCUT2D eigenvalue weighted by atomic mass is 10.1. The van der Waals surface area contributed by atoms with Gasteiger partial charge in [0.15, 0.2) is 0 Å². The lowest BCUT2D eigenvalue weighted by molar-refractivity contribution is -0.344. The zero-order chi connectivity index (χ0) is 9.19. The number of ether oxygens (including phenoxy) is 1. The molecule has 0 saturated carbocycles. The summed E-state index contributed by atoms with van der Waals surface area (Å²) in [6.07, 6.45) is -4.40. The van der Waals surface area contributed by atoms with E-state index in [0.29, 0.717) is 19.4 Å². The predicted molar refractivity (Wildman–Crippen MR) is 37.1 cm³/mol. The molecule has 1 saturated heterocycles. The van der Waals surface area contributed by atoms with Crippen LogP contribution in [0.25, 0.3) is 0 Å². The first-order chi connectivity index (χ1) is 5.47. The molecule has 1 atom stereocenters. The van der Waals surface area contributed by atoms with Gasteiger partial charge >= 0.3 is 6.36 Å². The van der Waals surface area contributed by atoms with Gasteiger partial charge in [-0.15, -0.1) is 13.2 Å². The fourth-order valence-corrected chi connectivity index (χ4v) is 1.15. The van der Waals surface area contributed by atoms with Gasteiger partial charge in [0, 0.05) is 13.1 Å². The lowest BCUT2D eigenvalue weighted by Crippen LogP contribution is -2.34. The third-order valence-corrected chi connectivity index (χ3v) is 1.78. The van der Waals surface area contributed by atoms with Gasteiger partial charge in [0.2, 0.25) is 0 Å². The zero-order valence-electron chi connectivity index (χ0n) is 6.77. The van der Waals surface area contributed by atoms with Crippen LogP contribution in [0.15, 0.2) is 0 Å². The SMILES string of the molecule is CN1[CH]CC(OC(F)(F)F)CC1. The molecule has 71 valence electrons. The number of rotatable bonds is 1. The molecule has 0 aromatic rings. The van der Waals surface area contributed by atoms with Crippen LogP contribution in [0.4, 0.5) is 13.2 Å². The van der Waals surface area contributed by atoms with Gasteiger partial charge in [-0.25, -0.2) is 0 Å². The van der Waals surface area contributed by atoms with Crippen LogP contribution in [0.2, 0.25) is 0 Å². The van der Waals surface area contributed by atoms with Crippen LogP contribution in [-0.2, 0) is 4.74 Å². The average molecular weight is 182 g/mol. The van der Waals surface area contributed by atoms with E-state index < -0.39 is 12.5 Å². The van der Waals surface area contributed by atoms with Gasteiger partial charge in [0.25, 0.3) is 0 Å². The molecule has 0 N–H and O–H groups in total. The molecule has 5 heteroatoms. The highest BCUT2D eigenvalue weighted by Gasteiger charge is 2.34. The Morgan fingerprint density at radius 1 is 1.50 bits per heavy atom. The van der Waals surface area contributed by atoms with E-state index in [2.05, 4.69) is 4.74 Å². The van der Waals surface area contributed by atoms with E-state index in [4.69, 9.17) is 0 Å². The number of hydrogen-bond acceptors (Lipinski definition) is 2. The minimum Gasteiger partial charge on any atom is -0.302 e. The molecule has 0 bridgehead atoms. The van der Waals surface area contributed by atoms with Crippen LogP contribution >= 0.6 is 0 Å². The average Bonchev–Trinajstić information content (AvgIpc) is 1.91. The van der Waals surface area contributed by atoms with Gasteiger partial charge < -0.3 is 4.90 Å². The lowest BCUT2D eigenvalue weighted by Gasteiger charge is -2.28. The largest absolute Gasteiger partial charge is 0.522 e. The fourth-order valence-electron chi connectivity index (χ4n) is 1.15. The maximum absolute atomic E-state index is 11.7. The van der Waals surface area contributed by atoms with Crippen molar-refractivity contribution in [2.45, 2.75) is 25.3 Å². The summed E-state index contributed by atoms with van der Waals surface area (Å²) in [4.78, 5) is 1.87. The van der Waals surface area contributed by atoms with Gasteiger partial charge in [0.1, 0.15) is 0 Å². The normalized spacial score (nSPS) is 23.0. The summed E-state index contributed by atoms with van der Waals surface area (Å²) < 4.78 is 38.9. The molecule has 1 aliphatic rings.